The van der Waals surface area contributed by atoms with Gasteiger partial charge < -0.3 is 5.73 Å². The van der Waals surface area contributed by atoms with Crippen molar-refractivity contribution in [3.8, 4) is 11.4 Å². The number of nitrogen functional groups attached to an aromatic ring is 1. The Morgan fingerprint density at radius 2 is 2.10 bits per heavy atom. The predicted molar refractivity (Wildman–Crippen MR) is 82.9 cm³/mol. The molecule has 0 atom stereocenters. The molecule has 2 aromatic heterocycles. The molecule has 0 aliphatic heterocycles. The number of nitrogens with two attached hydrogens (primary N) is 1. The summed E-state index contributed by atoms with van der Waals surface area (Å²) in [6.07, 6.45) is 1.87. The lowest BCUT2D eigenvalue weighted by molar-refractivity contribution is 0.851. The topological polar surface area (TPSA) is 82.0 Å². The van der Waals surface area contributed by atoms with E-state index in [0.717, 1.165) is 4.47 Å². The average Bonchev–Trinajstić information content (AvgIpc) is 2.85. The highest BCUT2D eigenvalue weighted by Crippen LogP contribution is 2.29. The first-order valence-corrected chi connectivity index (χ1v) is 7.88. The van der Waals surface area contributed by atoms with Gasteiger partial charge in [-0.3, -0.25) is 0 Å². The highest BCUT2D eigenvalue weighted by molar-refractivity contribution is 9.10. The van der Waals surface area contributed by atoms with Crippen molar-refractivity contribution in [3.05, 3.63) is 27.7 Å². The zero-order valence-electron chi connectivity index (χ0n) is 10.2. The maximum absolute atomic E-state index is 6.18. The van der Waals surface area contributed by atoms with Crippen LogP contribution in [0.4, 0.5) is 5.95 Å². The van der Waals surface area contributed by atoms with Crippen LogP contribution in [-0.2, 0) is 0 Å². The summed E-state index contributed by atoms with van der Waals surface area (Å²) >= 11 is 11.0. The van der Waals surface area contributed by atoms with Crippen LogP contribution in [-0.4, -0.2) is 30.8 Å². The Bertz CT molecular complexity index is 805. The van der Waals surface area contributed by atoms with E-state index in [1.165, 1.54) is 16.3 Å². The Morgan fingerprint density at radius 1 is 1.30 bits per heavy atom. The van der Waals surface area contributed by atoms with Gasteiger partial charge in [0.15, 0.2) is 11.0 Å². The zero-order chi connectivity index (χ0) is 14.3. The summed E-state index contributed by atoms with van der Waals surface area (Å²) in [4.78, 5) is 12.7. The number of fused-ring (bicyclic) bond motifs is 1. The van der Waals surface area contributed by atoms with E-state index < -0.39 is 0 Å². The molecule has 0 bridgehead atoms. The van der Waals surface area contributed by atoms with Gasteiger partial charge in [-0.05, 0) is 24.5 Å². The molecule has 0 aliphatic carbocycles. The molecular formula is C11H8BrClN6S. The quantitative estimate of drug-likeness (QED) is 0.698. The van der Waals surface area contributed by atoms with E-state index in [1.54, 1.807) is 6.07 Å². The van der Waals surface area contributed by atoms with Gasteiger partial charge in [0.05, 0.1) is 5.02 Å². The summed E-state index contributed by atoms with van der Waals surface area (Å²) in [7, 11) is 0. The second-order valence-electron chi connectivity index (χ2n) is 3.84. The Balaban J connectivity index is 2.22. The van der Waals surface area contributed by atoms with Crippen molar-refractivity contribution in [2.45, 2.75) is 5.16 Å². The van der Waals surface area contributed by atoms with Crippen molar-refractivity contribution in [2.24, 2.45) is 0 Å². The standard InChI is InChI=1S/C11H8BrClN6S/c1-20-11-16-9(14)19-10(17-11)15-8(18-19)6-4-5(12)2-3-7(6)13/h2-4H,1H3,(H2,14,15,16,17,18). The molecule has 6 nitrogen and oxygen atoms in total. The third-order valence-electron chi connectivity index (χ3n) is 2.56. The maximum atomic E-state index is 6.18. The van der Waals surface area contributed by atoms with Gasteiger partial charge in [0, 0.05) is 10.0 Å². The molecule has 0 saturated carbocycles. The van der Waals surface area contributed by atoms with Crippen LogP contribution in [0.1, 0.15) is 0 Å². The summed E-state index contributed by atoms with van der Waals surface area (Å²) in [6, 6.07) is 5.47. The molecule has 0 amide bonds. The normalized spacial score (nSPS) is 11.2. The third-order valence-corrected chi connectivity index (χ3v) is 3.94. The molecule has 3 aromatic rings. The van der Waals surface area contributed by atoms with Crippen LogP contribution in [0, 0.1) is 0 Å². The highest BCUT2D eigenvalue weighted by atomic mass is 79.9. The second kappa shape index (κ2) is 5.19. The second-order valence-corrected chi connectivity index (χ2v) is 5.94. The number of rotatable bonds is 2. The van der Waals surface area contributed by atoms with Crippen molar-refractivity contribution in [2.75, 3.05) is 12.0 Å². The summed E-state index contributed by atoms with van der Waals surface area (Å²) in [5.41, 5.74) is 6.55. The van der Waals surface area contributed by atoms with Crippen LogP contribution in [0.25, 0.3) is 17.2 Å². The van der Waals surface area contributed by atoms with Crippen LogP contribution >= 0.6 is 39.3 Å². The van der Waals surface area contributed by atoms with Crippen molar-refractivity contribution in [1.29, 1.82) is 0 Å². The summed E-state index contributed by atoms with van der Waals surface area (Å²) in [5.74, 6) is 1.09. The fourth-order valence-electron chi connectivity index (χ4n) is 1.66. The number of aromatic nitrogens is 5. The molecule has 0 spiro atoms. The van der Waals surface area contributed by atoms with Gasteiger partial charge in [0.25, 0.3) is 5.78 Å². The fourth-order valence-corrected chi connectivity index (χ4v) is 2.58. The molecule has 0 fully saturated rings. The van der Waals surface area contributed by atoms with Gasteiger partial charge in [0.1, 0.15) is 0 Å². The van der Waals surface area contributed by atoms with Crippen LogP contribution in [0.2, 0.25) is 5.02 Å². The Labute approximate surface area is 131 Å². The van der Waals surface area contributed by atoms with Gasteiger partial charge in [0.2, 0.25) is 5.95 Å². The maximum Gasteiger partial charge on any atom is 0.258 e. The van der Waals surface area contributed by atoms with Crippen LogP contribution in [0.15, 0.2) is 27.8 Å². The minimum Gasteiger partial charge on any atom is -0.368 e. The Morgan fingerprint density at radius 3 is 2.85 bits per heavy atom. The number of thioether (sulfide) groups is 1. The van der Waals surface area contributed by atoms with Gasteiger partial charge >= 0.3 is 0 Å². The van der Waals surface area contributed by atoms with E-state index >= 15 is 0 Å². The first-order valence-electron chi connectivity index (χ1n) is 5.48. The van der Waals surface area contributed by atoms with E-state index in [4.69, 9.17) is 17.3 Å². The van der Waals surface area contributed by atoms with E-state index in [9.17, 15) is 0 Å². The molecule has 20 heavy (non-hydrogen) atoms. The summed E-state index contributed by atoms with van der Waals surface area (Å²) < 4.78 is 2.28. The number of anilines is 1. The molecule has 1 aromatic carbocycles. The fraction of sp³-hybridized carbons (Fsp3) is 0.0909. The number of hydrogen-bond acceptors (Lipinski definition) is 6. The van der Waals surface area contributed by atoms with E-state index in [2.05, 4.69) is 36.0 Å². The van der Waals surface area contributed by atoms with E-state index in [0.29, 0.717) is 27.3 Å². The first-order chi connectivity index (χ1) is 9.58. The molecule has 0 aliphatic rings. The molecule has 3 rings (SSSR count). The Hall–Kier alpha value is -1.38. The molecule has 0 unspecified atom stereocenters. The molecule has 102 valence electrons. The average molecular weight is 372 g/mol. The minimum absolute atomic E-state index is 0.240. The number of halogens is 2. The highest BCUT2D eigenvalue weighted by Gasteiger charge is 2.14. The van der Waals surface area contributed by atoms with Crippen molar-refractivity contribution < 1.29 is 0 Å². The number of nitrogens with zero attached hydrogens (tertiary/aromatic N) is 5. The van der Waals surface area contributed by atoms with Crippen molar-refractivity contribution in [3.63, 3.8) is 0 Å². The Kier molecular flexibility index (Phi) is 3.53. The van der Waals surface area contributed by atoms with E-state index in [1.807, 2.05) is 18.4 Å². The molecule has 0 radical (unpaired) electrons. The first kappa shape index (κ1) is 13.6. The lowest BCUT2D eigenvalue weighted by atomic mass is 10.2. The molecule has 2 N–H and O–H groups in total. The lowest BCUT2D eigenvalue weighted by Gasteiger charge is -1.99. The zero-order valence-corrected chi connectivity index (χ0v) is 13.4. The van der Waals surface area contributed by atoms with Gasteiger partial charge in [-0.25, -0.2) is 0 Å². The smallest absolute Gasteiger partial charge is 0.258 e. The number of hydrogen-bond donors (Lipinski definition) is 1. The van der Waals surface area contributed by atoms with E-state index in [-0.39, 0.29) is 5.95 Å². The summed E-state index contributed by atoms with van der Waals surface area (Å²) in [5, 5.41) is 5.41. The molecular weight excluding hydrogens is 364 g/mol. The largest absolute Gasteiger partial charge is 0.368 e. The van der Waals surface area contributed by atoms with Crippen LogP contribution in [0.5, 0.6) is 0 Å². The number of benzene rings is 1. The predicted octanol–water partition coefficient (Wildman–Crippen LogP) is 2.91. The van der Waals surface area contributed by atoms with Gasteiger partial charge in [-0.1, -0.05) is 39.3 Å². The van der Waals surface area contributed by atoms with Crippen LogP contribution < -0.4 is 5.73 Å². The van der Waals surface area contributed by atoms with Crippen molar-refractivity contribution in [1.82, 2.24) is 24.6 Å². The molecule has 2 heterocycles. The molecule has 9 heteroatoms. The van der Waals surface area contributed by atoms with Crippen molar-refractivity contribution >= 4 is 51.0 Å². The molecule has 0 saturated heterocycles. The van der Waals surface area contributed by atoms with Gasteiger partial charge in [-0.2, -0.15) is 19.5 Å². The SMILES string of the molecule is CSc1nc(N)n2nc(-c3cc(Br)ccc3Cl)nc2n1. The minimum atomic E-state index is 0.240. The summed E-state index contributed by atoms with van der Waals surface area (Å²) in [6.45, 7) is 0. The van der Waals surface area contributed by atoms with Gasteiger partial charge in [-0.15, -0.1) is 5.10 Å². The monoisotopic (exact) mass is 370 g/mol. The lowest BCUT2D eigenvalue weighted by Crippen LogP contribution is -2.04. The van der Waals surface area contributed by atoms with Crippen LogP contribution in [0.3, 0.4) is 0 Å². The third kappa shape index (κ3) is 2.34.